The minimum Gasteiger partial charge on any atom is -0.372 e. The summed E-state index contributed by atoms with van der Waals surface area (Å²) >= 11 is 0. The van der Waals surface area contributed by atoms with E-state index in [9.17, 15) is 29.1 Å². The first kappa shape index (κ1) is 28.9. The van der Waals surface area contributed by atoms with Gasteiger partial charge in [0.1, 0.15) is 6.04 Å². The Balaban J connectivity index is 1.60. The van der Waals surface area contributed by atoms with Crippen LogP contribution in [0.2, 0.25) is 0 Å². The van der Waals surface area contributed by atoms with Gasteiger partial charge < -0.3 is 26.4 Å². The zero-order valence-corrected chi connectivity index (χ0v) is 23.0. The number of Topliss-reactive ketones (excluding diaryl/α,β-unsaturated/α-hetero) is 1. The van der Waals surface area contributed by atoms with E-state index >= 15 is 0 Å². The molecule has 0 unspecified atom stereocenters. The first-order valence-electron chi connectivity index (χ1n) is 13.7. The predicted octanol–water partition coefficient (Wildman–Crippen LogP) is 1.15. The normalized spacial score (nSPS) is 18.2. The van der Waals surface area contributed by atoms with Crippen molar-refractivity contribution in [3.63, 3.8) is 0 Å². The summed E-state index contributed by atoms with van der Waals surface area (Å²) < 4.78 is 0. The maximum Gasteiger partial charge on any atom is 0.289 e. The molecule has 1 aliphatic carbocycles. The third-order valence-electron chi connectivity index (χ3n) is 7.46. The third-order valence-corrected chi connectivity index (χ3v) is 7.46. The van der Waals surface area contributed by atoms with Crippen LogP contribution in [0.1, 0.15) is 51.2 Å². The molecule has 2 aromatic carbocycles. The summed E-state index contributed by atoms with van der Waals surface area (Å²) in [5.74, 6) is -3.97. The molecule has 0 saturated carbocycles. The van der Waals surface area contributed by atoms with Gasteiger partial charge in [0.15, 0.2) is 5.60 Å². The van der Waals surface area contributed by atoms with Crippen LogP contribution in [0.3, 0.4) is 0 Å². The zero-order chi connectivity index (χ0) is 29.0. The standard InChI is InChI=1S/C30H36N4O6/c1-4-31-28(38)25(35)23(16-18-13-14-32-26(18)36)33-27(37)24(15-17(2)3)34-29(39)30(40)21-11-7-5-9-19(21)20-10-6-8-12-22(20)30/h5-12,17-18,23-24,40H,4,13-16H2,1-3H3,(H,31,38)(H,32,36)(H,33,37)(H,34,39)/t18-,23+,24+/m1/s1. The number of carbonyl (C=O) groups excluding carboxylic acids is 5. The van der Waals surface area contributed by atoms with Gasteiger partial charge >= 0.3 is 0 Å². The van der Waals surface area contributed by atoms with Crippen LogP contribution in [0.15, 0.2) is 48.5 Å². The number of nitrogens with one attached hydrogen (secondary N) is 4. The molecule has 10 nitrogen and oxygen atoms in total. The fraction of sp³-hybridized carbons (Fsp3) is 0.433. The molecular formula is C30H36N4O6. The Morgan fingerprint density at radius 1 is 0.975 bits per heavy atom. The molecule has 0 spiro atoms. The number of likely N-dealkylation sites (N-methyl/N-ethyl adjacent to an activating group) is 1. The molecule has 2 aliphatic rings. The van der Waals surface area contributed by atoms with Crippen molar-refractivity contribution in [2.75, 3.05) is 13.1 Å². The van der Waals surface area contributed by atoms with E-state index in [0.717, 1.165) is 11.1 Å². The first-order valence-corrected chi connectivity index (χ1v) is 13.7. The first-order chi connectivity index (χ1) is 19.1. The molecule has 2 aromatic rings. The zero-order valence-electron chi connectivity index (χ0n) is 23.0. The van der Waals surface area contributed by atoms with Gasteiger partial charge in [-0.3, -0.25) is 24.0 Å². The lowest BCUT2D eigenvalue weighted by atomic mass is 9.89. The number of hydrogen-bond donors (Lipinski definition) is 5. The second kappa shape index (κ2) is 12.0. The van der Waals surface area contributed by atoms with Gasteiger partial charge in [0.05, 0.1) is 6.04 Å². The number of fused-ring (bicyclic) bond motifs is 3. The molecule has 1 saturated heterocycles. The second-order valence-corrected chi connectivity index (χ2v) is 10.8. The second-order valence-electron chi connectivity index (χ2n) is 10.8. The smallest absolute Gasteiger partial charge is 0.289 e. The van der Waals surface area contributed by atoms with Crippen molar-refractivity contribution < 1.29 is 29.1 Å². The molecular weight excluding hydrogens is 512 g/mol. The van der Waals surface area contributed by atoms with Crippen LogP contribution in [0.4, 0.5) is 0 Å². The van der Waals surface area contributed by atoms with Crippen LogP contribution in [-0.4, -0.2) is 59.7 Å². The molecule has 1 aliphatic heterocycles. The molecule has 40 heavy (non-hydrogen) atoms. The highest BCUT2D eigenvalue weighted by Crippen LogP contribution is 2.47. The van der Waals surface area contributed by atoms with Gasteiger partial charge in [0.25, 0.3) is 11.8 Å². The fourth-order valence-electron chi connectivity index (χ4n) is 5.49. The van der Waals surface area contributed by atoms with Crippen molar-refractivity contribution in [2.45, 2.75) is 57.7 Å². The molecule has 10 heteroatoms. The Kier molecular flexibility index (Phi) is 8.68. The summed E-state index contributed by atoms with van der Waals surface area (Å²) in [5.41, 5.74) is 0.245. The topological polar surface area (TPSA) is 154 Å². The Labute approximate surface area is 233 Å². The van der Waals surface area contributed by atoms with Crippen molar-refractivity contribution >= 4 is 29.4 Å². The largest absolute Gasteiger partial charge is 0.372 e. The molecule has 4 rings (SSSR count). The van der Waals surface area contributed by atoms with E-state index in [1.54, 1.807) is 31.2 Å². The van der Waals surface area contributed by atoms with Gasteiger partial charge in [0.2, 0.25) is 17.6 Å². The van der Waals surface area contributed by atoms with E-state index in [4.69, 9.17) is 0 Å². The molecule has 0 aromatic heterocycles. The van der Waals surface area contributed by atoms with Gasteiger partial charge in [-0.25, -0.2) is 0 Å². The number of hydrogen-bond acceptors (Lipinski definition) is 6. The van der Waals surface area contributed by atoms with Crippen molar-refractivity contribution in [2.24, 2.45) is 11.8 Å². The van der Waals surface area contributed by atoms with Crippen LogP contribution >= 0.6 is 0 Å². The minimum atomic E-state index is -2.03. The minimum absolute atomic E-state index is 0.0352. The van der Waals surface area contributed by atoms with Crippen LogP contribution in [0.25, 0.3) is 11.1 Å². The molecule has 212 valence electrons. The average Bonchev–Trinajstić information content (AvgIpc) is 3.46. The monoisotopic (exact) mass is 548 g/mol. The molecule has 1 fully saturated rings. The summed E-state index contributed by atoms with van der Waals surface area (Å²) in [6.07, 6.45) is 0.648. The maximum absolute atomic E-state index is 13.8. The number of ketones is 1. The number of benzene rings is 2. The van der Waals surface area contributed by atoms with Gasteiger partial charge in [-0.1, -0.05) is 62.4 Å². The van der Waals surface area contributed by atoms with Crippen molar-refractivity contribution in [1.29, 1.82) is 0 Å². The average molecular weight is 549 g/mol. The predicted molar refractivity (Wildman–Crippen MR) is 148 cm³/mol. The molecule has 4 amide bonds. The van der Waals surface area contributed by atoms with Crippen molar-refractivity contribution in [3.05, 3.63) is 59.7 Å². The van der Waals surface area contributed by atoms with Gasteiger partial charge in [-0.2, -0.15) is 0 Å². The van der Waals surface area contributed by atoms with E-state index < -0.39 is 47.1 Å². The third kappa shape index (κ3) is 5.62. The Morgan fingerprint density at radius 3 is 2.10 bits per heavy atom. The van der Waals surface area contributed by atoms with Crippen molar-refractivity contribution in [1.82, 2.24) is 21.3 Å². The van der Waals surface area contributed by atoms with Gasteiger partial charge in [-0.15, -0.1) is 0 Å². The highest BCUT2D eigenvalue weighted by Gasteiger charge is 2.48. The van der Waals surface area contributed by atoms with E-state index in [1.807, 2.05) is 38.1 Å². The van der Waals surface area contributed by atoms with Crippen LogP contribution in [-0.2, 0) is 29.6 Å². The number of aliphatic hydroxyl groups is 1. The number of amides is 4. The quantitative estimate of drug-likeness (QED) is 0.266. The number of rotatable bonds is 11. The van der Waals surface area contributed by atoms with E-state index in [1.165, 1.54) is 0 Å². The summed E-state index contributed by atoms with van der Waals surface area (Å²) in [4.78, 5) is 64.9. The maximum atomic E-state index is 13.8. The van der Waals surface area contributed by atoms with Crippen LogP contribution in [0.5, 0.6) is 0 Å². The Morgan fingerprint density at radius 2 is 1.57 bits per heavy atom. The lowest BCUT2D eigenvalue weighted by molar-refractivity contribution is -0.142. The summed E-state index contributed by atoms with van der Waals surface area (Å²) in [6.45, 7) is 6.10. The molecule has 0 bridgehead atoms. The van der Waals surface area contributed by atoms with Crippen LogP contribution < -0.4 is 21.3 Å². The summed E-state index contributed by atoms with van der Waals surface area (Å²) in [7, 11) is 0. The van der Waals surface area contributed by atoms with E-state index in [-0.39, 0.29) is 31.2 Å². The SMILES string of the molecule is CCNC(=O)C(=O)[C@H](C[C@H]1CCNC1=O)NC(=O)[C@H](CC(C)C)NC(=O)C1(O)c2ccccc2-c2ccccc21. The lowest BCUT2D eigenvalue weighted by Crippen LogP contribution is -2.57. The highest BCUT2D eigenvalue weighted by atomic mass is 16.3. The van der Waals surface area contributed by atoms with Crippen LogP contribution in [0, 0.1) is 11.8 Å². The summed E-state index contributed by atoms with van der Waals surface area (Å²) in [6, 6.07) is 11.8. The van der Waals surface area contributed by atoms with E-state index in [0.29, 0.717) is 24.1 Å². The van der Waals surface area contributed by atoms with Crippen molar-refractivity contribution in [3.8, 4) is 11.1 Å². The van der Waals surface area contributed by atoms with Gasteiger partial charge in [0, 0.05) is 30.1 Å². The Hall–Kier alpha value is -4.05. The molecule has 5 N–H and O–H groups in total. The van der Waals surface area contributed by atoms with E-state index in [2.05, 4.69) is 21.3 Å². The highest BCUT2D eigenvalue weighted by molar-refractivity contribution is 6.38. The van der Waals surface area contributed by atoms with Gasteiger partial charge in [-0.05, 0) is 43.2 Å². The fourth-order valence-corrected chi connectivity index (χ4v) is 5.49. The molecule has 3 atom stereocenters. The lowest BCUT2D eigenvalue weighted by Gasteiger charge is -2.29. The Bertz CT molecular complexity index is 1280. The molecule has 1 heterocycles. The number of carbonyl (C=O) groups is 5. The molecule has 0 radical (unpaired) electrons. The summed E-state index contributed by atoms with van der Waals surface area (Å²) in [5, 5.41) is 22.4.